The standard InChI is InChI=1S/C3H9N.2ClH.4H2O/c1-2-3-4;;;;;;/h2-4H2,1H3;2*1H;4*1H2. The molecule has 0 radical (unpaired) electrons. The molecule has 0 fully saturated rings. The first-order chi connectivity index (χ1) is 1.91. The number of nitrogens with two attached hydrogens (primary N) is 1. The van der Waals surface area contributed by atoms with Gasteiger partial charge in [0.15, 0.2) is 0 Å². The Hall–Kier alpha value is 0.380. The van der Waals surface area contributed by atoms with Crippen molar-refractivity contribution in [3.05, 3.63) is 0 Å². The molecule has 0 saturated carbocycles. The van der Waals surface area contributed by atoms with Gasteiger partial charge in [-0.1, -0.05) is 6.92 Å². The van der Waals surface area contributed by atoms with Crippen molar-refractivity contribution in [3.63, 3.8) is 0 Å². The molecule has 0 spiro atoms. The largest absolute Gasteiger partial charge is 0.412 e. The van der Waals surface area contributed by atoms with Crippen molar-refractivity contribution in [2.45, 2.75) is 13.3 Å². The fourth-order valence-electron chi connectivity index (χ4n) is 0. The van der Waals surface area contributed by atoms with Gasteiger partial charge >= 0.3 is 0 Å². The third-order valence-electron chi connectivity index (χ3n) is 0.289. The molecule has 5 nitrogen and oxygen atoms in total. The van der Waals surface area contributed by atoms with Gasteiger partial charge in [0.25, 0.3) is 0 Å². The SMILES string of the molecule is CCCN.Cl.Cl.O.O.O.O. The topological polar surface area (TPSA) is 152 Å². The van der Waals surface area contributed by atoms with E-state index >= 15 is 0 Å². The normalized spacial score (nSPS) is 3.00. The molecule has 0 unspecified atom stereocenters. The molecule has 74 valence electrons. The molecule has 10 N–H and O–H groups in total. The zero-order valence-electron chi connectivity index (χ0n) is 5.81. The molecule has 0 aliphatic rings. The predicted molar refractivity (Wildman–Crippen MR) is 48.3 cm³/mol. The first-order valence-electron chi connectivity index (χ1n) is 1.62. The lowest BCUT2D eigenvalue weighted by molar-refractivity contribution is 0.823. The number of hydrogen-bond donors (Lipinski definition) is 1. The van der Waals surface area contributed by atoms with Crippen molar-refractivity contribution < 1.29 is 21.9 Å². The lowest BCUT2D eigenvalue weighted by atomic mass is 10.5. The first kappa shape index (κ1) is 79.9. The average Bonchev–Trinajstić information content (AvgIpc) is 1.37. The van der Waals surface area contributed by atoms with Crippen molar-refractivity contribution in [2.75, 3.05) is 6.54 Å². The average molecular weight is 204 g/mol. The van der Waals surface area contributed by atoms with Gasteiger partial charge in [0.1, 0.15) is 0 Å². The van der Waals surface area contributed by atoms with Crippen LogP contribution in [0, 0.1) is 0 Å². The van der Waals surface area contributed by atoms with E-state index in [4.69, 9.17) is 5.73 Å². The van der Waals surface area contributed by atoms with Gasteiger partial charge in [-0.15, -0.1) is 24.8 Å². The monoisotopic (exact) mass is 203 g/mol. The van der Waals surface area contributed by atoms with Gasteiger partial charge in [-0.2, -0.15) is 0 Å². The minimum absolute atomic E-state index is 0. The van der Waals surface area contributed by atoms with Crippen LogP contribution in [0.5, 0.6) is 0 Å². The van der Waals surface area contributed by atoms with E-state index in [1.807, 2.05) is 0 Å². The second-order valence-corrected chi connectivity index (χ2v) is 0.789. The van der Waals surface area contributed by atoms with Gasteiger partial charge in [0.2, 0.25) is 0 Å². The van der Waals surface area contributed by atoms with Crippen LogP contribution >= 0.6 is 24.8 Å². The fourth-order valence-corrected chi connectivity index (χ4v) is 0. The molecule has 0 heterocycles. The Bertz CT molecular complexity index is 20.5. The van der Waals surface area contributed by atoms with Crippen molar-refractivity contribution in [3.8, 4) is 0 Å². The van der Waals surface area contributed by atoms with E-state index in [1.54, 1.807) is 0 Å². The smallest absolute Gasteiger partial charge is 0.00799 e. The van der Waals surface area contributed by atoms with Crippen LogP contribution in [-0.4, -0.2) is 28.4 Å². The molecule has 0 aliphatic heterocycles. The Balaban J connectivity index is -0.00000000300. The fraction of sp³-hybridized carbons (Fsp3) is 1.00. The molecule has 0 aliphatic carbocycles. The molecular weight excluding hydrogens is 185 g/mol. The third kappa shape index (κ3) is 240. The van der Waals surface area contributed by atoms with Crippen LogP contribution in [0.4, 0.5) is 0 Å². The predicted octanol–water partition coefficient (Wildman–Crippen LogP) is -2.10. The summed E-state index contributed by atoms with van der Waals surface area (Å²) in [6.45, 7) is 2.88. The highest BCUT2D eigenvalue weighted by Crippen LogP contribution is 1.57. The van der Waals surface area contributed by atoms with Crippen LogP contribution in [0.1, 0.15) is 13.3 Å². The maximum absolute atomic E-state index is 5.03. The molecule has 0 bridgehead atoms. The van der Waals surface area contributed by atoms with Crippen LogP contribution in [0.2, 0.25) is 0 Å². The van der Waals surface area contributed by atoms with Crippen molar-refractivity contribution >= 4 is 24.8 Å². The lowest BCUT2D eigenvalue weighted by Gasteiger charge is -1.70. The van der Waals surface area contributed by atoms with E-state index in [1.165, 1.54) is 0 Å². The molecule has 7 heteroatoms. The Morgan fingerprint density at radius 1 is 0.900 bits per heavy atom. The highest BCUT2D eigenvalue weighted by Gasteiger charge is 1.55. The number of hydrogen-bond acceptors (Lipinski definition) is 1. The second-order valence-electron chi connectivity index (χ2n) is 0.789. The highest BCUT2D eigenvalue weighted by molar-refractivity contribution is 5.85. The minimum Gasteiger partial charge on any atom is -0.412 e. The van der Waals surface area contributed by atoms with Crippen LogP contribution in [0.25, 0.3) is 0 Å². The summed E-state index contributed by atoms with van der Waals surface area (Å²) in [5.41, 5.74) is 5.03. The molecule has 0 aromatic carbocycles. The first-order valence-corrected chi connectivity index (χ1v) is 1.62. The molecule has 10 heavy (non-hydrogen) atoms. The molecular formula is C3H19Cl2NO4. The van der Waals surface area contributed by atoms with E-state index in [0.29, 0.717) is 0 Å². The summed E-state index contributed by atoms with van der Waals surface area (Å²) in [6, 6.07) is 0. The Kier molecular flexibility index (Phi) is 930. The lowest BCUT2D eigenvalue weighted by Crippen LogP contribution is -1.93. The van der Waals surface area contributed by atoms with E-state index in [0.717, 1.165) is 13.0 Å². The zero-order valence-corrected chi connectivity index (χ0v) is 7.44. The molecule has 0 rings (SSSR count). The molecule has 0 amide bonds. The maximum atomic E-state index is 5.03. The summed E-state index contributed by atoms with van der Waals surface area (Å²) in [6.07, 6.45) is 1.10. The van der Waals surface area contributed by atoms with Crippen LogP contribution in [0.3, 0.4) is 0 Å². The van der Waals surface area contributed by atoms with Gasteiger partial charge < -0.3 is 27.6 Å². The van der Waals surface area contributed by atoms with Crippen LogP contribution in [-0.2, 0) is 0 Å². The summed E-state index contributed by atoms with van der Waals surface area (Å²) >= 11 is 0. The van der Waals surface area contributed by atoms with Crippen LogP contribution < -0.4 is 5.73 Å². The minimum atomic E-state index is 0. The summed E-state index contributed by atoms with van der Waals surface area (Å²) < 4.78 is 0. The number of halogens is 2. The Labute approximate surface area is 73.0 Å². The second kappa shape index (κ2) is 116. The van der Waals surface area contributed by atoms with E-state index in [-0.39, 0.29) is 46.7 Å². The molecule has 0 aromatic rings. The van der Waals surface area contributed by atoms with Gasteiger partial charge in [0.05, 0.1) is 0 Å². The van der Waals surface area contributed by atoms with Gasteiger partial charge in [-0.05, 0) is 13.0 Å². The summed E-state index contributed by atoms with van der Waals surface area (Å²) in [7, 11) is 0. The Morgan fingerprint density at radius 2 is 1.00 bits per heavy atom. The van der Waals surface area contributed by atoms with Gasteiger partial charge in [0, 0.05) is 0 Å². The quantitative estimate of drug-likeness (QED) is 0.510. The maximum Gasteiger partial charge on any atom is -0.00799 e. The van der Waals surface area contributed by atoms with Crippen LogP contribution in [0.15, 0.2) is 0 Å². The molecule has 0 atom stereocenters. The van der Waals surface area contributed by atoms with E-state index in [9.17, 15) is 0 Å². The van der Waals surface area contributed by atoms with Crippen molar-refractivity contribution in [1.82, 2.24) is 0 Å². The van der Waals surface area contributed by atoms with E-state index in [2.05, 4.69) is 6.92 Å². The zero-order chi connectivity index (χ0) is 3.41. The number of rotatable bonds is 1. The van der Waals surface area contributed by atoms with Gasteiger partial charge in [-0.3, -0.25) is 0 Å². The highest BCUT2D eigenvalue weighted by atomic mass is 35.5. The van der Waals surface area contributed by atoms with E-state index < -0.39 is 0 Å². The summed E-state index contributed by atoms with van der Waals surface area (Å²) in [5, 5.41) is 0. The molecule has 0 saturated heterocycles. The Morgan fingerprint density at radius 3 is 1.00 bits per heavy atom. The van der Waals surface area contributed by atoms with Gasteiger partial charge in [-0.25, -0.2) is 0 Å². The summed E-state index contributed by atoms with van der Waals surface area (Å²) in [5.74, 6) is 0. The van der Waals surface area contributed by atoms with Crippen molar-refractivity contribution in [1.29, 1.82) is 0 Å². The summed E-state index contributed by atoms with van der Waals surface area (Å²) in [4.78, 5) is 0. The molecule has 0 aromatic heterocycles. The third-order valence-corrected chi connectivity index (χ3v) is 0.289. The van der Waals surface area contributed by atoms with Crippen molar-refractivity contribution in [2.24, 2.45) is 5.73 Å².